The summed E-state index contributed by atoms with van der Waals surface area (Å²) in [5, 5.41) is 8.26. The first-order valence-corrected chi connectivity index (χ1v) is 6.43. The lowest BCUT2D eigenvalue weighted by Gasteiger charge is -2.06. The van der Waals surface area contributed by atoms with Crippen molar-refractivity contribution in [1.82, 2.24) is 14.8 Å². The lowest BCUT2D eigenvalue weighted by Crippen LogP contribution is -1.95. The molecule has 0 spiro atoms. The molecule has 0 saturated carbocycles. The Labute approximate surface area is 112 Å². The van der Waals surface area contributed by atoms with Crippen LogP contribution in [0.1, 0.15) is 12.5 Å². The van der Waals surface area contributed by atoms with Crippen LogP contribution in [0.4, 0.5) is 0 Å². The van der Waals surface area contributed by atoms with Gasteiger partial charge in [0, 0.05) is 11.3 Å². The molecule has 0 aliphatic heterocycles. The van der Waals surface area contributed by atoms with Crippen molar-refractivity contribution in [2.45, 2.75) is 13.3 Å². The summed E-state index contributed by atoms with van der Waals surface area (Å²) in [6, 6.07) is 18.6. The lowest BCUT2D eigenvalue weighted by molar-refractivity contribution is 1.06. The maximum absolute atomic E-state index is 4.23. The molecule has 94 valence electrons. The summed E-state index contributed by atoms with van der Waals surface area (Å²) in [6.07, 6.45) is 2.80. The minimum atomic E-state index is 0.869. The van der Waals surface area contributed by atoms with Crippen molar-refractivity contribution in [2.75, 3.05) is 0 Å². The van der Waals surface area contributed by atoms with E-state index in [4.69, 9.17) is 0 Å². The predicted molar refractivity (Wildman–Crippen MR) is 76.2 cm³/mol. The third kappa shape index (κ3) is 2.27. The molecule has 3 rings (SSSR count). The molecule has 0 radical (unpaired) electrons. The highest BCUT2D eigenvalue weighted by Crippen LogP contribution is 2.20. The maximum Gasteiger partial charge on any atom is 0.168 e. The Bertz CT molecular complexity index is 654. The van der Waals surface area contributed by atoms with E-state index < -0.39 is 0 Å². The van der Waals surface area contributed by atoms with Gasteiger partial charge in [0.25, 0.3) is 0 Å². The van der Waals surface area contributed by atoms with Gasteiger partial charge in [0.05, 0.1) is 0 Å². The molecule has 3 aromatic rings. The molecule has 2 aromatic carbocycles. The normalized spacial score (nSPS) is 10.6. The van der Waals surface area contributed by atoms with Gasteiger partial charge >= 0.3 is 0 Å². The van der Waals surface area contributed by atoms with Crippen LogP contribution in [0.25, 0.3) is 17.1 Å². The Hall–Kier alpha value is -2.42. The topological polar surface area (TPSA) is 30.7 Å². The zero-order valence-electron chi connectivity index (χ0n) is 10.8. The van der Waals surface area contributed by atoms with E-state index in [1.54, 1.807) is 6.33 Å². The standard InChI is InChI=1S/C16H15N3/c1-2-13-8-10-14(11-9-13)16-18-17-12-19(16)15-6-4-3-5-7-15/h3-12H,2H2,1H3. The third-order valence-electron chi connectivity index (χ3n) is 3.20. The quantitative estimate of drug-likeness (QED) is 0.711. The molecule has 3 heteroatoms. The first-order valence-electron chi connectivity index (χ1n) is 6.43. The third-order valence-corrected chi connectivity index (χ3v) is 3.20. The summed E-state index contributed by atoms with van der Waals surface area (Å²) < 4.78 is 2.00. The number of nitrogens with zero attached hydrogens (tertiary/aromatic N) is 3. The molecule has 0 unspecified atom stereocenters. The molecule has 0 saturated heterocycles. The summed E-state index contributed by atoms with van der Waals surface area (Å²) >= 11 is 0. The number of aryl methyl sites for hydroxylation is 1. The number of hydrogen-bond acceptors (Lipinski definition) is 2. The number of para-hydroxylation sites is 1. The molecule has 0 atom stereocenters. The molecule has 0 aliphatic rings. The summed E-state index contributed by atoms with van der Waals surface area (Å²) in [5.74, 6) is 0.869. The number of hydrogen-bond donors (Lipinski definition) is 0. The van der Waals surface area contributed by atoms with Crippen LogP contribution < -0.4 is 0 Å². The van der Waals surface area contributed by atoms with Crippen LogP contribution in [-0.2, 0) is 6.42 Å². The smallest absolute Gasteiger partial charge is 0.168 e. The van der Waals surface area contributed by atoms with Crippen molar-refractivity contribution in [3.8, 4) is 17.1 Å². The fraction of sp³-hybridized carbons (Fsp3) is 0.125. The Morgan fingerprint density at radius 1 is 0.947 bits per heavy atom. The maximum atomic E-state index is 4.23. The lowest BCUT2D eigenvalue weighted by atomic mass is 10.1. The number of benzene rings is 2. The Morgan fingerprint density at radius 3 is 2.37 bits per heavy atom. The van der Waals surface area contributed by atoms with Gasteiger partial charge in [-0.15, -0.1) is 10.2 Å². The molecule has 0 fully saturated rings. The zero-order chi connectivity index (χ0) is 13.1. The molecule has 0 amide bonds. The van der Waals surface area contributed by atoms with Crippen LogP contribution in [-0.4, -0.2) is 14.8 Å². The minimum Gasteiger partial charge on any atom is -0.282 e. The van der Waals surface area contributed by atoms with Crippen molar-refractivity contribution < 1.29 is 0 Å². The highest BCUT2D eigenvalue weighted by atomic mass is 15.3. The Morgan fingerprint density at radius 2 is 1.68 bits per heavy atom. The second kappa shape index (κ2) is 5.06. The van der Waals surface area contributed by atoms with Gasteiger partial charge < -0.3 is 0 Å². The second-order valence-corrected chi connectivity index (χ2v) is 4.41. The summed E-state index contributed by atoms with van der Waals surface area (Å²) in [6.45, 7) is 2.15. The molecular formula is C16H15N3. The molecule has 0 N–H and O–H groups in total. The van der Waals surface area contributed by atoms with Crippen molar-refractivity contribution in [3.05, 3.63) is 66.5 Å². The average Bonchev–Trinajstić information content (AvgIpc) is 2.98. The second-order valence-electron chi connectivity index (χ2n) is 4.41. The first kappa shape index (κ1) is 11.7. The Balaban J connectivity index is 2.04. The van der Waals surface area contributed by atoms with Crippen LogP contribution in [0.3, 0.4) is 0 Å². The molecule has 1 heterocycles. The zero-order valence-corrected chi connectivity index (χ0v) is 10.8. The minimum absolute atomic E-state index is 0.869. The molecule has 19 heavy (non-hydrogen) atoms. The number of aromatic nitrogens is 3. The van der Waals surface area contributed by atoms with Crippen LogP contribution in [0.2, 0.25) is 0 Å². The summed E-state index contributed by atoms with van der Waals surface area (Å²) in [5.41, 5.74) is 3.48. The van der Waals surface area contributed by atoms with Crippen LogP contribution in [0.5, 0.6) is 0 Å². The van der Waals surface area contributed by atoms with E-state index >= 15 is 0 Å². The van der Waals surface area contributed by atoms with Crippen LogP contribution >= 0.6 is 0 Å². The van der Waals surface area contributed by atoms with E-state index in [0.717, 1.165) is 23.5 Å². The first-order chi connectivity index (χ1) is 9.38. The predicted octanol–water partition coefficient (Wildman–Crippen LogP) is 3.50. The van der Waals surface area contributed by atoms with E-state index in [1.807, 2.05) is 34.9 Å². The van der Waals surface area contributed by atoms with Gasteiger partial charge in [0.15, 0.2) is 5.82 Å². The fourth-order valence-corrected chi connectivity index (χ4v) is 2.10. The van der Waals surface area contributed by atoms with Gasteiger partial charge in [0.1, 0.15) is 6.33 Å². The summed E-state index contributed by atoms with van der Waals surface area (Å²) in [7, 11) is 0. The monoisotopic (exact) mass is 249 g/mol. The van der Waals surface area contributed by atoms with Crippen molar-refractivity contribution in [3.63, 3.8) is 0 Å². The van der Waals surface area contributed by atoms with Gasteiger partial charge in [-0.1, -0.05) is 49.4 Å². The van der Waals surface area contributed by atoms with Gasteiger partial charge in [-0.05, 0) is 24.1 Å². The molecule has 1 aromatic heterocycles. The highest BCUT2D eigenvalue weighted by molar-refractivity contribution is 5.58. The van der Waals surface area contributed by atoms with Crippen molar-refractivity contribution in [1.29, 1.82) is 0 Å². The van der Waals surface area contributed by atoms with Crippen LogP contribution in [0.15, 0.2) is 60.9 Å². The molecule has 0 bridgehead atoms. The largest absolute Gasteiger partial charge is 0.282 e. The molecule has 3 nitrogen and oxygen atoms in total. The average molecular weight is 249 g/mol. The van der Waals surface area contributed by atoms with E-state index in [2.05, 4.69) is 41.4 Å². The van der Waals surface area contributed by atoms with E-state index in [-0.39, 0.29) is 0 Å². The summed E-state index contributed by atoms with van der Waals surface area (Å²) in [4.78, 5) is 0. The van der Waals surface area contributed by atoms with Gasteiger partial charge in [-0.3, -0.25) is 4.57 Å². The fourth-order valence-electron chi connectivity index (χ4n) is 2.10. The Kier molecular flexibility index (Phi) is 3.11. The molecule has 0 aliphatic carbocycles. The highest BCUT2D eigenvalue weighted by Gasteiger charge is 2.08. The van der Waals surface area contributed by atoms with Crippen molar-refractivity contribution >= 4 is 0 Å². The molecular weight excluding hydrogens is 234 g/mol. The van der Waals surface area contributed by atoms with E-state index in [1.165, 1.54) is 5.56 Å². The SMILES string of the molecule is CCc1ccc(-c2nncn2-c2ccccc2)cc1. The number of rotatable bonds is 3. The van der Waals surface area contributed by atoms with Gasteiger partial charge in [-0.2, -0.15) is 0 Å². The van der Waals surface area contributed by atoms with Gasteiger partial charge in [0.2, 0.25) is 0 Å². The van der Waals surface area contributed by atoms with Crippen LogP contribution in [0, 0.1) is 0 Å². The van der Waals surface area contributed by atoms with Crippen molar-refractivity contribution in [2.24, 2.45) is 0 Å². The van der Waals surface area contributed by atoms with E-state index in [0.29, 0.717) is 0 Å². The van der Waals surface area contributed by atoms with E-state index in [9.17, 15) is 0 Å². The van der Waals surface area contributed by atoms with Gasteiger partial charge in [-0.25, -0.2) is 0 Å².